The van der Waals surface area contributed by atoms with Crippen LogP contribution in [-0.4, -0.2) is 47.5 Å². The Morgan fingerprint density at radius 1 is 1.28 bits per heavy atom. The van der Waals surface area contributed by atoms with Crippen molar-refractivity contribution in [2.75, 3.05) is 14.1 Å². The average Bonchev–Trinajstić information content (AvgIpc) is 3.24. The van der Waals surface area contributed by atoms with E-state index in [1.165, 1.54) is 20.2 Å². The minimum Gasteiger partial charge on any atom is -0.454 e. The molecule has 2 heterocycles. The third kappa shape index (κ3) is 3.77. The van der Waals surface area contributed by atoms with Gasteiger partial charge in [0.25, 0.3) is 0 Å². The molecule has 10 heteroatoms. The van der Waals surface area contributed by atoms with Crippen molar-refractivity contribution in [1.82, 2.24) is 19.0 Å². The van der Waals surface area contributed by atoms with Gasteiger partial charge in [-0.05, 0) is 38.5 Å². The van der Waals surface area contributed by atoms with Crippen LogP contribution in [0.5, 0.6) is 0 Å². The maximum atomic E-state index is 12.5. The van der Waals surface area contributed by atoms with Gasteiger partial charge in [0.1, 0.15) is 23.8 Å². The molecule has 29 heavy (non-hydrogen) atoms. The Morgan fingerprint density at radius 3 is 2.62 bits per heavy atom. The third-order valence-corrected chi connectivity index (χ3v) is 6.51. The van der Waals surface area contributed by atoms with E-state index in [1.807, 2.05) is 18.4 Å². The van der Waals surface area contributed by atoms with Gasteiger partial charge in [-0.25, -0.2) is 22.5 Å². The summed E-state index contributed by atoms with van der Waals surface area (Å²) in [5.41, 5.74) is 2.18. The van der Waals surface area contributed by atoms with Gasteiger partial charge in [0.15, 0.2) is 0 Å². The third-order valence-electron chi connectivity index (χ3n) is 4.70. The van der Waals surface area contributed by atoms with E-state index >= 15 is 0 Å². The Hall–Kier alpha value is -2.72. The molecule has 0 saturated carbocycles. The van der Waals surface area contributed by atoms with E-state index in [0.717, 1.165) is 9.82 Å². The minimum absolute atomic E-state index is 0.0507. The number of hydrogen-bond acceptors (Lipinski definition) is 7. The number of esters is 1. The zero-order valence-electron chi connectivity index (χ0n) is 17.1. The summed E-state index contributed by atoms with van der Waals surface area (Å²) in [5, 5.41) is 3.87. The van der Waals surface area contributed by atoms with Gasteiger partial charge in [0.05, 0.1) is 21.6 Å². The summed E-state index contributed by atoms with van der Waals surface area (Å²) >= 11 is 0. The van der Waals surface area contributed by atoms with Crippen LogP contribution in [0.2, 0.25) is 0 Å². The van der Waals surface area contributed by atoms with E-state index in [9.17, 15) is 13.2 Å². The van der Waals surface area contributed by atoms with E-state index in [2.05, 4.69) is 10.1 Å². The molecule has 156 valence electrons. The average molecular weight is 420 g/mol. The van der Waals surface area contributed by atoms with Crippen LogP contribution in [0, 0.1) is 6.92 Å². The number of aromatic nitrogens is 3. The Labute approximate surface area is 169 Å². The summed E-state index contributed by atoms with van der Waals surface area (Å²) < 4.78 is 38.3. The molecule has 2 aromatic heterocycles. The summed E-state index contributed by atoms with van der Waals surface area (Å²) in [4.78, 5) is 17.2. The largest absolute Gasteiger partial charge is 0.454 e. The van der Waals surface area contributed by atoms with Crippen LogP contribution in [0.1, 0.15) is 41.5 Å². The molecular formula is C19H24N4O5S. The van der Waals surface area contributed by atoms with E-state index in [-0.39, 0.29) is 11.5 Å². The van der Waals surface area contributed by atoms with Crippen LogP contribution in [0.4, 0.5) is 0 Å². The smallest absolute Gasteiger partial charge is 0.344 e. The Bertz CT molecular complexity index is 1160. The molecule has 0 fully saturated rings. The van der Waals surface area contributed by atoms with Crippen LogP contribution in [0.25, 0.3) is 11.0 Å². The lowest BCUT2D eigenvalue weighted by Gasteiger charge is -2.11. The molecule has 0 amide bonds. The number of ether oxygens (including phenoxy) is 1. The van der Waals surface area contributed by atoms with E-state index in [4.69, 9.17) is 9.26 Å². The van der Waals surface area contributed by atoms with Gasteiger partial charge in [-0.15, -0.1) is 0 Å². The lowest BCUT2D eigenvalue weighted by Crippen LogP contribution is -2.22. The number of hydrogen-bond donors (Lipinski definition) is 0. The minimum atomic E-state index is -3.57. The van der Waals surface area contributed by atoms with Gasteiger partial charge in [-0.2, -0.15) is 0 Å². The standard InChI is InChI=1S/C19H24N4O5S/c1-6-14-18(12(3)28-21-14)19(24)27-11-17-20-15-10-13(29(25,26)22(4)5)8-9-16(15)23(17)7-2/h8-10H,6-7,11H2,1-5H3. The Kier molecular flexibility index (Phi) is 5.76. The first-order chi connectivity index (χ1) is 13.7. The van der Waals surface area contributed by atoms with Crippen molar-refractivity contribution in [2.45, 2.75) is 45.2 Å². The topological polar surface area (TPSA) is 108 Å². The maximum absolute atomic E-state index is 12.5. The van der Waals surface area contributed by atoms with Gasteiger partial charge >= 0.3 is 5.97 Å². The van der Waals surface area contributed by atoms with Crippen molar-refractivity contribution in [3.63, 3.8) is 0 Å². The van der Waals surface area contributed by atoms with Gasteiger partial charge in [0.2, 0.25) is 10.0 Å². The molecule has 0 aliphatic rings. The molecular weight excluding hydrogens is 396 g/mol. The van der Waals surface area contributed by atoms with Gasteiger partial charge < -0.3 is 13.8 Å². The van der Waals surface area contributed by atoms with Gasteiger partial charge in [0, 0.05) is 20.6 Å². The highest BCUT2D eigenvalue weighted by Gasteiger charge is 2.23. The quantitative estimate of drug-likeness (QED) is 0.541. The first-order valence-electron chi connectivity index (χ1n) is 9.24. The molecule has 0 aliphatic heterocycles. The molecule has 9 nitrogen and oxygen atoms in total. The van der Waals surface area contributed by atoms with E-state index in [0.29, 0.717) is 41.3 Å². The Balaban J connectivity index is 1.91. The highest BCUT2D eigenvalue weighted by atomic mass is 32.2. The van der Waals surface area contributed by atoms with Crippen molar-refractivity contribution in [3.8, 4) is 0 Å². The number of benzene rings is 1. The molecule has 0 saturated heterocycles. The molecule has 0 N–H and O–H groups in total. The highest BCUT2D eigenvalue weighted by Crippen LogP contribution is 2.23. The number of sulfonamides is 1. The van der Waals surface area contributed by atoms with Crippen molar-refractivity contribution >= 4 is 27.0 Å². The number of aryl methyl sites for hydroxylation is 3. The molecule has 0 unspecified atom stereocenters. The molecule has 0 bridgehead atoms. The monoisotopic (exact) mass is 420 g/mol. The van der Waals surface area contributed by atoms with Crippen molar-refractivity contribution < 1.29 is 22.5 Å². The summed E-state index contributed by atoms with van der Waals surface area (Å²) in [7, 11) is -0.608. The van der Waals surface area contributed by atoms with Gasteiger partial charge in [-0.1, -0.05) is 12.1 Å². The van der Waals surface area contributed by atoms with Crippen molar-refractivity contribution in [1.29, 1.82) is 0 Å². The molecule has 0 atom stereocenters. The van der Waals surface area contributed by atoms with Crippen molar-refractivity contribution in [2.24, 2.45) is 0 Å². The zero-order chi connectivity index (χ0) is 21.3. The fraction of sp³-hybridized carbons (Fsp3) is 0.421. The lowest BCUT2D eigenvalue weighted by atomic mass is 10.1. The molecule has 3 rings (SSSR count). The van der Waals surface area contributed by atoms with Crippen LogP contribution < -0.4 is 0 Å². The molecule has 0 spiro atoms. The second kappa shape index (κ2) is 7.96. The van der Waals surface area contributed by atoms with Crippen molar-refractivity contribution in [3.05, 3.63) is 41.0 Å². The van der Waals surface area contributed by atoms with Crippen LogP contribution >= 0.6 is 0 Å². The second-order valence-electron chi connectivity index (χ2n) is 6.70. The molecule has 3 aromatic rings. The predicted octanol–water partition coefficient (Wildman–Crippen LogP) is 2.52. The van der Waals surface area contributed by atoms with E-state index in [1.54, 1.807) is 19.1 Å². The van der Waals surface area contributed by atoms with E-state index < -0.39 is 16.0 Å². The summed E-state index contributed by atoms with van der Waals surface area (Å²) in [5.74, 6) is 0.419. The maximum Gasteiger partial charge on any atom is 0.344 e. The fourth-order valence-corrected chi connectivity index (χ4v) is 4.04. The van der Waals surface area contributed by atoms with Gasteiger partial charge in [-0.3, -0.25) is 0 Å². The SMILES string of the molecule is CCc1noc(C)c1C(=O)OCc1nc2cc(S(=O)(=O)N(C)C)ccc2n1CC. The first kappa shape index (κ1) is 21.0. The predicted molar refractivity (Wildman–Crippen MR) is 106 cm³/mol. The number of carbonyl (C=O) groups excluding carboxylic acids is 1. The number of fused-ring (bicyclic) bond motifs is 1. The number of carbonyl (C=O) groups is 1. The zero-order valence-corrected chi connectivity index (χ0v) is 17.9. The highest BCUT2D eigenvalue weighted by molar-refractivity contribution is 7.89. The fourth-order valence-electron chi connectivity index (χ4n) is 3.12. The normalized spacial score (nSPS) is 12.1. The molecule has 0 radical (unpaired) electrons. The summed E-state index contributed by atoms with van der Waals surface area (Å²) in [6.07, 6.45) is 0.554. The first-order valence-corrected chi connectivity index (χ1v) is 10.7. The number of imidazole rings is 1. The molecule has 0 aliphatic carbocycles. The number of rotatable bonds is 7. The summed E-state index contributed by atoms with van der Waals surface area (Å²) in [6.45, 7) is 6.03. The van der Waals surface area contributed by atoms with Crippen LogP contribution in [0.15, 0.2) is 27.6 Å². The lowest BCUT2D eigenvalue weighted by molar-refractivity contribution is 0.0455. The second-order valence-corrected chi connectivity index (χ2v) is 8.85. The molecule has 1 aromatic carbocycles. The summed E-state index contributed by atoms with van der Waals surface area (Å²) in [6, 6.07) is 4.80. The number of nitrogens with zero attached hydrogens (tertiary/aromatic N) is 4. The Morgan fingerprint density at radius 2 is 2.00 bits per heavy atom. The van der Waals surface area contributed by atoms with Crippen LogP contribution in [0.3, 0.4) is 0 Å². The van der Waals surface area contributed by atoms with Crippen LogP contribution in [-0.2, 0) is 34.3 Å².